The summed E-state index contributed by atoms with van der Waals surface area (Å²) in [6.45, 7) is 3.90. The maximum Gasteiger partial charge on any atom is 0.256 e. The second-order valence-corrected chi connectivity index (χ2v) is 4.27. The zero-order chi connectivity index (χ0) is 13.8. The monoisotopic (exact) mass is 261 g/mol. The van der Waals surface area contributed by atoms with E-state index in [9.17, 15) is 9.90 Å². The molecule has 1 aromatic carbocycles. The molecular weight excluding hydrogens is 246 g/mol. The van der Waals surface area contributed by atoms with Gasteiger partial charge in [0.1, 0.15) is 5.75 Å². The number of nitrogens with zero attached hydrogens (tertiary/aromatic N) is 1. The molecule has 0 bridgehead atoms. The summed E-state index contributed by atoms with van der Waals surface area (Å²) in [5.74, 6) is 0.617. The van der Waals surface area contributed by atoms with E-state index >= 15 is 0 Å². The second kappa shape index (κ2) is 5.43. The Morgan fingerprint density at radius 3 is 2.58 bits per heavy atom. The molecule has 0 aliphatic carbocycles. The van der Waals surface area contributed by atoms with Crippen molar-refractivity contribution in [2.45, 2.75) is 20.0 Å². The van der Waals surface area contributed by atoms with Crippen molar-refractivity contribution in [3.63, 3.8) is 0 Å². The van der Waals surface area contributed by atoms with Gasteiger partial charge in [-0.05, 0) is 38.1 Å². The molecule has 0 spiro atoms. The molecule has 3 N–H and O–H groups in total. The van der Waals surface area contributed by atoms with Crippen LogP contribution in [0, 0.1) is 0 Å². The van der Waals surface area contributed by atoms with Gasteiger partial charge in [0.25, 0.3) is 5.56 Å². The summed E-state index contributed by atoms with van der Waals surface area (Å²) < 4.78 is 5.52. The van der Waals surface area contributed by atoms with Crippen molar-refractivity contribution in [2.24, 2.45) is 0 Å². The summed E-state index contributed by atoms with van der Waals surface area (Å²) in [5.41, 5.74) is 0.305. The van der Waals surface area contributed by atoms with Gasteiger partial charge in [-0.3, -0.25) is 9.78 Å². The molecular formula is C13H15N3O3. The Morgan fingerprint density at radius 2 is 2.00 bits per heavy atom. The zero-order valence-corrected chi connectivity index (χ0v) is 10.7. The molecule has 0 aliphatic heterocycles. The van der Waals surface area contributed by atoms with Gasteiger partial charge in [0.2, 0.25) is 11.8 Å². The van der Waals surface area contributed by atoms with E-state index in [-0.39, 0.29) is 17.9 Å². The Labute approximate surface area is 110 Å². The number of aromatic nitrogens is 2. The van der Waals surface area contributed by atoms with Crippen LogP contribution in [0.3, 0.4) is 0 Å². The molecule has 1 aromatic heterocycles. The molecule has 0 atom stereocenters. The largest absolute Gasteiger partial charge is 0.493 e. The fraction of sp³-hybridized carbons (Fsp3) is 0.231. The minimum atomic E-state index is -0.422. The van der Waals surface area contributed by atoms with E-state index in [1.54, 1.807) is 12.1 Å². The van der Waals surface area contributed by atoms with Gasteiger partial charge < -0.3 is 15.2 Å². The Hall–Kier alpha value is -2.50. The average molecular weight is 261 g/mol. The molecule has 0 amide bonds. The smallest absolute Gasteiger partial charge is 0.256 e. The molecule has 1 heterocycles. The molecule has 0 radical (unpaired) electrons. The van der Waals surface area contributed by atoms with E-state index < -0.39 is 5.56 Å². The lowest BCUT2D eigenvalue weighted by molar-refractivity contribution is 0.242. The summed E-state index contributed by atoms with van der Waals surface area (Å²) in [4.78, 5) is 17.4. The molecule has 2 rings (SSSR count). The van der Waals surface area contributed by atoms with Gasteiger partial charge in [-0.1, -0.05) is 0 Å². The minimum absolute atomic E-state index is 0.114. The van der Waals surface area contributed by atoms with E-state index in [2.05, 4.69) is 15.3 Å². The third kappa shape index (κ3) is 3.74. The first-order valence-corrected chi connectivity index (χ1v) is 5.87. The normalized spacial score (nSPS) is 10.5. The molecule has 0 aliphatic rings. The van der Waals surface area contributed by atoms with Crippen molar-refractivity contribution >= 4 is 11.6 Å². The van der Waals surface area contributed by atoms with Crippen molar-refractivity contribution in [1.29, 1.82) is 0 Å². The Balaban J connectivity index is 2.12. The zero-order valence-electron chi connectivity index (χ0n) is 10.7. The summed E-state index contributed by atoms with van der Waals surface area (Å²) in [5, 5.41) is 12.1. The number of rotatable bonds is 4. The lowest BCUT2D eigenvalue weighted by atomic mass is 10.3. The highest BCUT2D eigenvalue weighted by Gasteiger charge is 2.01. The van der Waals surface area contributed by atoms with Gasteiger partial charge in [0.15, 0.2) is 0 Å². The number of anilines is 2. The minimum Gasteiger partial charge on any atom is -0.493 e. The number of aromatic amines is 1. The molecule has 0 saturated carbocycles. The lowest BCUT2D eigenvalue weighted by Crippen LogP contribution is -2.09. The van der Waals surface area contributed by atoms with Gasteiger partial charge >= 0.3 is 0 Å². The Bertz CT molecular complexity index is 605. The quantitative estimate of drug-likeness (QED) is 0.783. The van der Waals surface area contributed by atoms with E-state index in [0.29, 0.717) is 0 Å². The third-order valence-electron chi connectivity index (χ3n) is 2.22. The van der Waals surface area contributed by atoms with Gasteiger partial charge in [0.05, 0.1) is 12.2 Å². The van der Waals surface area contributed by atoms with Gasteiger partial charge in [0, 0.05) is 5.69 Å². The predicted octanol–water partition coefficient (Wildman–Crippen LogP) is 2.01. The molecule has 2 aromatic rings. The van der Waals surface area contributed by atoms with Crippen LogP contribution in [0.25, 0.3) is 0 Å². The topological polar surface area (TPSA) is 87.2 Å². The number of ether oxygens (including phenoxy) is 1. The summed E-state index contributed by atoms with van der Waals surface area (Å²) in [6.07, 6.45) is 0.114. The SMILES string of the molecule is CC(C)Oc1ccc(Nc2nc(O)cc(=O)[nH]2)cc1. The molecule has 6 nitrogen and oxygen atoms in total. The number of hydrogen-bond acceptors (Lipinski definition) is 5. The number of benzene rings is 1. The van der Waals surface area contributed by atoms with Crippen LogP contribution in [0.1, 0.15) is 13.8 Å². The van der Waals surface area contributed by atoms with Crippen LogP contribution in [-0.2, 0) is 0 Å². The average Bonchev–Trinajstić information content (AvgIpc) is 2.29. The highest BCUT2D eigenvalue weighted by molar-refractivity contribution is 5.54. The first-order valence-electron chi connectivity index (χ1n) is 5.87. The molecule has 100 valence electrons. The van der Waals surface area contributed by atoms with Crippen LogP contribution in [-0.4, -0.2) is 21.2 Å². The van der Waals surface area contributed by atoms with Crippen molar-refractivity contribution in [3.8, 4) is 11.6 Å². The number of nitrogens with one attached hydrogen (secondary N) is 2. The fourth-order valence-corrected chi connectivity index (χ4v) is 1.53. The first-order chi connectivity index (χ1) is 9.02. The Morgan fingerprint density at radius 1 is 1.32 bits per heavy atom. The lowest BCUT2D eigenvalue weighted by Gasteiger charge is -2.10. The second-order valence-electron chi connectivity index (χ2n) is 4.27. The number of hydrogen-bond donors (Lipinski definition) is 3. The molecule has 19 heavy (non-hydrogen) atoms. The Kier molecular flexibility index (Phi) is 3.70. The van der Waals surface area contributed by atoms with Crippen LogP contribution < -0.4 is 15.6 Å². The third-order valence-corrected chi connectivity index (χ3v) is 2.22. The molecule has 0 unspecified atom stereocenters. The van der Waals surface area contributed by atoms with Crippen LogP contribution in [0.4, 0.5) is 11.6 Å². The summed E-state index contributed by atoms with van der Waals surface area (Å²) in [6, 6.07) is 8.21. The summed E-state index contributed by atoms with van der Waals surface area (Å²) in [7, 11) is 0. The van der Waals surface area contributed by atoms with Crippen LogP contribution in [0.5, 0.6) is 11.6 Å². The van der Waals surface area contributed by atoms with Crippen LogP contribution in [0.15, 0.2) is 35.1 Å². The number of aromatic hydroxyl groups is 1. The number of H-pyrrole nitrogens is 1. The van der Waals surface area contributed by atoms with Gasteiger partial charge in [-0.2, -0.15) is 4.98 Å². The standard InChI is InChI=1S/C13H15N3O3/c1-8(2)19-10-5-3-9(4-6-10)14-13-15-11(17)7-12(18)16-13/h3-8H,1-2H3,(H3,14,15,16,17,18). The van der Waals surface area contributed by atoms with Gasteiger partial charge in [-0.15, -0.1) is 0 Å². The molecule has 6 heteroatoms. The van der Waals surface area contributed by atoms with E-state index in [1.165, 1.54) is 0 Å². The van der Waals surface area contributed by atoms with Crippen LogP contribution in [0.2, 0.25) is 0 Å². The van der Waals surface area contributed by atoms with E-state index in [0.717, 1.165) is 17.5 Å². The predicted molar refractivity (Wildman–Crippen MR) is 72.0 cm³/mol. The maximum atomic E-state index is 11.2. The van der Waals surface area contributed by atoms with Crippen molar-refractivity contribution < 1.29 is 9.84 Å². The highest BCUT2D eigenvalue weighted by atomic mass is 16.5. The molecule has 0 saturated heterocycles. The van der Waals surface area contributed by atoms with Crippen molar-refractivity contribution in [1.82, 2.24) is 9.97 Å². The summed E-state index contributed by atoms with van der Waals surface area (Å²) >= 11 is 0. The van der Waals surface area contributed by atoms with Crippen molar-refractivity contribution in [2.75, 3.05) is 5.32 Å². The fourth-order valence-electron chi connectivity index (χ4n) is 1.53. The van der Waals surface area contributed by atoms with E-state index in [1.807, 2.05) is 26.0 Å². The van der Waals surface area contributed by atoms with Crippen LogP contribution >= 0.6 is 0 Å². The molecule has 0 fully saturated rings. The van der Waals surface area contributed by atoms with Crippen molar-refractivity contribution in [3.05, 3.63) is 40.7 Å². The maximum absolute atomic E-state index is 11.2. The van der Waals surface area contributed by atoms with E-state index in [4.69, 9.17) is 4.74 Å². The highest BCUT2D eigenvalue weighted by Crippen LogP contribution is 2.19. The van der Waals surface area contributed by atoms with Gasteiger partial charge in [-0.25, -0.2) is 0 Å². The first kappa shape index (κ1) is 12.9.